The van der Waals surface area contributed by atoms with Gasteiger partial charge in [0.05, 0.1) is 27.7 Å². The summed E-state index contributed by atoms with van der Waals surface area (Å²) < 4.78 is 34.5. The van der Waals surface area contributed by atoms with Crippen LogP contribution in [0.4, 0.5) is 0 Å². The quantitative estimate of drug-likeness (QED) is 0.0211. The number of hydrogen-bond acceptors (Lipinski definition) is 7. The zero-order valence-corrected chi connectivity index (χ0v) is 49.1. The Morgan fingerprint density at radius 1 is 0.408 bits per heavy atom. The number of phosphoric ester groups is 1. The maximum atomic E-state index is 12.8. The van der Waals surface area contributed by atoms with Crippen LogP contribution in [-0.2, 0) is 32.7 Å². The second-order valence-corrected chi connectivity index (χ2v) is 21.0. The minimum absolute atomic E-state index is 0.0105. The number of allylic oxidation sites excluding steroid dienone is 28. The van der Waals surface area contributed by atoms with Crippen LogP contribution in [0.5, 0.6) is 0 Å². The molecule has 426 valence electrons. The van der Waals surface area contributed by atoms with Crippen LogP contribution in [-0.4, -0.2) is 74.9 Å². The highest BCUT2D eigenvalue weighted by Gasteiger charge is 2.27. The fraction of sp³-hybridized carbons (Fsp3) is 0.545. The molecule has 0 heterocycles. The molecule has 10 heteroatoms. The average Bonchev–Trinajstić information content (AvgIpc) is 3.38. The molecule has 1 N–H and O–H groups in total. The molecule has 0 aromatic carbocycles. The minimum atomic E-state index is -4.42. The van der Waals surface area contributed by atoms with Crippen LogP contribution >= 0.6 is 7.82 Å². The van der Waals surface area contributed by atoms with E-state index in [0.717, 1.165) is 141 Å². The first-order valence-corrected chi connectivity index (χ1v) is 30.4. The molecule has 0 aromatic rings. The van der Waals surface area contributed by atoms with Gasteiger partial charge >= 0.3 is 19.8 Å². The Morgan fingerprint density at radius 2 is 0.711 bits per heavy atom. The van der Waals surface area contributed by atoms with Crippen LogP contribution in [0, 0.1) is 0 Å². The highest BCUT2D eigenvalue weighted by molar-refractivity contribution is 7.47. The van der Waals surface area contributed by atoms with Gasteiger partial charge in [-0.25, -0.2) is 4.57 Å². The fourth-order valence-corrected chi connectivity index (χ4v) is 7.60. The lowest BCUT2D eigenvalue weighted by molar-refractivity contribution is -0.870. The van der Waals surface area contributed by atoms with Crippen molar-refractivity contribution < 1.29 is 42.1 Å². The third-order valence-corrected chi connectivity index (χ3v) is 12.2. The van der Waals surface area contributed by atoms with E-state index in [0.29, 0.717) is 23.9 Å². The number of hydrogen-bond donors (Lipinski definition) is 1. The molecule has 0 amide bonds. The van der Waals surface area contributed by atoms with Gasteiger partial charge < -0.3 is 18.9 Å². The van der Waals surface area contributed by atoms with E-state index in [1.54, 1.807) is 0 Å². The van der Waals surface area contributed by atoms with E-state index in [4.69, 9.17) is 18.5 Å². The van der Waals surface area contributed by atoms with Gasteiger partial charge in [-0.05, 0) is 128 Å². The predicted molar refractivity (Wildman–Crippen MR) is 325 cm³/mol. The van der Waals surface area contributed by atoms with Gasteiger partial charge in [0.25, 0.3) is 0 Å². The van der Waals surface area contributed by atoms with E-state index < -0.39 is 32.5 Å². The molecular weight excluding hydrogens is 966 g/mol. The molecule has 0 bridgehead atoms. The van der Waals surface area contributed by atoms with Crippen molar-refractivity contribution in [1.29, 1.82) is 0 Å². The first kappa shape index (κ1) is 71.4. The molecule has 0 saturated heterocycles. The van der Waals surface area contributed by atoms with Crippen LogP contribution in [0.1, 0.15) is 181 Å². The summed E-state index contributed by atoms with van der Waals surface area (Å²) in [6.07, 6.45) is 84.1. The molecule has 0 rings (SSSR count). The van der Waals surface area contributed by atoms with E-state index in [-0.39, 0.29) is 26.1 Å². The Morgan fingerprint density at radius 3 is 1.07 bits per heavy atom. The number of quaternary nitrogens is 1. The maximum Gasteiger partial charge on any atom is 0.472 e. The number of esters is 2. The van der Waals surface area contributed by atoms with E-state index in [9.17, 15) is 19.0 Å². The summed E-state index contributed by atoms with van der Waals surface area (Å²) in [4.78, 5) is 35.7. The summed E-state index contributed by atoms with van der Waals surface area (Å²) in [6.45, 7) is 4.10. The Labute approximate surface area is 464 Å². The summed E-state index contributed by atoms with van der Waals surface area (Å²) in [6, 6.07) is 0. The molecule has 76 heavy (non-hydrogen) atoms. The Kier molecular flexibility index (Phi) is 51.8. The molecule has 0 fully saturated rings. The van der Waals surface area contributed by atoms with Crippen molar-refractivity contribution in [3.8, 4) is 0 Å². The minimum Gasteiger partial charge on any atom is -0.462 e. The van der Waals surface area contributed by atoms with Gasteiger partial charge in [0.1, 0.15) is 19.8 Å². The van der Waals surface area contributed by atoms with Gasteiger partial charge in [0, 0.05) is 12.8 Å². The Hall–Kier alpha value is -4.63. The second kappa shape index (κ2) is 55.1. The highest BCUT2D eigenvalue weighted by atomic mass is 31.2. The van der Waals surface area contributed by atoms with Crippen molar-refractivity contribution in [2.24, 2.45) is 0 Å². The monoisotopic (exact) mass is 1070 g/mol. The highest BCUT2D eigenvalue weighted by Crippen LogP contribution is 2.43. The molecule has 2 atom stereocenters. The number of phosphoric acid groups is 1. The van der Waals surface area contributed by atoms with Gasteiger partial charge in [0.15, 0.2) is 6.10 Å². The SMILES string of the molecule is CC/C=C\C/C=C\C/C=C\C/C=C\C/C=C\C/C=C\C/C=C\CCCCCCCC(=O)OC(COC(=O)CCCCC/C=C\C/C=C\C/C=C\C/C=C\C/C=C\C/C=C\C/C=C\CC)COP(=O)(O)OCC[N+](C)(C)C. The number of unbranched alkanes of at least 4 members (excludes halogenated alkanes) is 8. The molecule has 0 aliphatic carbocycles. The van der Waals surface area contributed by atoms with Crippen molar-refractivity contribution in [2.45, 2.75) is 187 Å². The molecule has 0 radical (unpaired) electrons. The van der Waals surface area contributed by atoms with Crippen LogP contribution in [0.3, 0.4) is 0 Å². The first-order chi connectivity index (χ1) is 37.0. The van der Waals surface area contributed by atoms with Gasteiger partial charge in [-0.15, -0.1) is 0 Å². The lowest BCUT2D eigenvalue weighted by Gasteiger charge is -2.24. The van der Waals surface area contributed by atoms with E-state index in [1.807, 2.05) is 21.1 Å². The average molecular weight is 1070 g/mol. The van der Waals surface area contributed by atoms with Crippen LogP contribution in [0.25, 0.3) is 0 Å². The molecule has 0 aliphatic heterocycles. The summed E-state index contributed by atoms with van der Waals surface area (Å²) in [5.74, 6) is -0.876. The number of carbonyl (C=O) groups excluding carboxylic acids is 2. The zero-order valence-electron chi connectivity index (χ0n) is 48.2. The maximum absolute atomic E-state index is 12.8. The second-order valence-electron chi connectivity index (χ2n) is 19.6. The van der Waals surface area contributed by atoms with Crippen molar-refractivity contribution in [3.05, 3.63) is 170 Å². The summed E-state index contributed by atoms with van der Waals surface area (Å²) in [7, 11) is 1.41. The number of nitrogens with zero attached hydrogens (tertiary/aromatic N) is 1. The van der Waals surface area contributed by atoms with Gasteiger partial charge in [-0.2, -0.15) is 0 Å². The van der Waals surface area contributed by atoms with E-state index in [1.165, 1.54) is 0 Å². The number of likely N-dealkylation sites (N-methyl/N-ethyl adjacent to an activating group) is 1. The zero-order chi connectivity index (χ0) is 55.6. The lowest BCUT2D eigenvalue weighted by atomic mass is 10.1. The van der Waals surface area contributed by atoms with Crippen molar-refractivity contribution >= 4 is 19.8 Å². The molecule has 0 aliphatic rings. The third kappa shape index (κ3) is 58.6. The van der Waals surface area contributed by atoms with Gasteiger partial charge in [-0.1, -0.05) is 210 Å². The summed E-state index contributed by atoms with van der Waals surface area (Å²) >= 11 is 0. The Balaban J connectivity index is 4.36. The molecule has 0 saturated carbocycles. The van der Waals surface area contributed by atoms with Crippen LogP contribution in [0.15, 0.2) is 170 Å². The smallest absolute Gasteiger partial charge is 0.462 e. The lowest BCUT2D eigenvalue weighted by Crippen LogP contribution is -2.37. The molecule has 9 nitrogen and oxygen atoms in total. The topological polar surface area (TPSA) is 108 Å². The molecule has 2 unspecified atom stereocenters. The van der Waals surface area contributed by atoms with Crippen molar-refractivity contribution in [1.82, 2.24) is 0 Å². The number of rotatable bonds is 50. The van der Waals surface area contributed by atoms with E-state index in [2.05, 4.69) is 184 Å². The first-order valence-electron chi connectivity index (χ1n) is 28.9. The van der Waals surface area contributed by atoms with E-state index >= 15 is 0 Å². The molecular formula is C66H105NO8P+. The van der Waals surface area contributed by atoms with Gasteiger partial charge in [-0.3, -0.25) is 18.6 Å². The standard InChI is InChI=1S/C66H104NO8P/c1-6-8-10-12-14-16-18-20-22-24-26-28-30-32-33-35-37-39-41-43-45-47-49-51-53-55-57-59-66(69)75-64(63-74-76(70,71)73-61-60-67(3,4)5)62-72-65(68)58-56-54-52-50-48-46-44-42-40-38-36-34-31-29-27-25-23-21-19-17-15-13-11-9-7-2/h8-11,14-17,20-23,26-29,32-34,36-37,39-40,42-43,45-46,48,64H,6-7,12-13,18-19,24-25,30-31,35,38,41,44,47,49-63H2,1-5H3/p+1/b10-8-,11-9-,16-14-,17-15-,22-20-,23-21-,28-26-,29-27-,33-32-,36-34-,39-37-,42-40-,45-43-,48-46-. The van der Waals surface area contributed by atoms with Gasteiger partial charge in [0.2, 0.25) is 0 Å². The number of ether oxygens (including phenoxy) is 2. The fourth-order valence-electron chi connectivity index (χ4n) is 6.86. The largest absolute Gasteiger partial charge is 0.472 e. The van der Waals surface area contributed by atoms with Crippen molar-refractivity contribution in [3.63, 3.8) is 0 Å². The summed E-state index contributed by atoms with van der Waals surface area (Å²) in [5, 5.41) is 0. The predicted octanol–water partition coefficient (Wildman–Crippen LogP) is 18.3. The number of carbonyl (C=O) groups is 2. The van der Waals surface area contributed by atoms with Crippen LogP contribution < -0.4 is 0 Å². The van der Waals surface area contributed by atoms with Crippen LogP contribution in [0.2, 0.25) is 0 Å². The summed E-state index contributed by atoms with van der Waals surface area (Å²) in [5.41, 5.74) is 0. The third-order valence-electron chi connectivity index (χ3n) is 11.2. The Bertz CT molecular complexity index is 1880. The molecule has 0 spiro atoms. The normalized spacial score (nSPS) is 14.6. The van der Waals surface area contributed by atoms with Crippen molar-refractivity contribution in [2.75, 3.05) is 47.5 Å². The molecule has 0 aromatic heterocycles.